The lowest BCUT2D eigenvalue weighted by molar-refractivity contribution is -0.141. The van der Waals surface area contributed by atoms with Crippen molar-refractivity contribution < 1.29 is 18.7 Å². The Morgan fingerprint density at radius 3 is 3.00 bits per heavy atom. The van der Waals surface area contributed by atoms with Crippen molar-refractivity contribution in [1.82, 2.24) is 10.2 Å². The van der Waals surface area contributed by atoms with Crippen LogP contribution >= 0.6 is 38.9 Å². The fourth-order valence-corrected chi connectivity index (χ4v) is 3.81. The van der Waals surface area contributed by atoms with Gasteiger partial charge >= 0.3 is 5.97 Å². The number of rotatable bonds is 4. The largest absolute Gasteiger partial charge is 0.488 e. The number of hydrogen-bond acceptors (Lipinski definition) is 7. The maximum atomic E-state index is 12.2. The Morgan fingerprint density at radius 2 is 2.19 bits per heavy atom. The van der Waals surface area contributed by atoms with Crippen molar-refractivity contribution in [2.45, 2.75) is 6.61 Å². The molecule has 9 heteroatoms. The predicted molar refractivity (Wildman–Crippen MR) is 100 cm³/mol. The second-order valence-corrected chi connectivity index (χ2v) is 8.22. The van der Waals surface area contributed by atoms with E-state index in [0.717, 1.165) is 14.2 Å². The van der Waals surface area contributed by atoms with E-state index in [2.05, 4.69) is 26.1 Å². The van der Waals surface area contributed by atoms with E-state index in [1.807, 2.05) is 12.1 Å². The summed E-state index contributed by atoms with van der Waals surface area (Å²) in [6, 6.07) is 8.98. The quantitative estimate of drug-likeness (QED) is 0.532. The van der Waals surface area contributed by atoms with E-state index in [1.165, 1.54) is 11.3 Å². The SMILES string of the molecule is O=C(OCc1nnc(-c2ccc(Br)s2)o1)C1=Cc2cc(Cl)ccc2OC1. The highest BCUT2D eigenvalue weighted by Crippen LogP contribution is 2.31. The van der Waals surface area contributed by atoms with Gasteiger partial charge in [-0.25, -0.2) is 4.79 Å². The summed E-state index contributed by atoms with van der Waals surface area (Å²) in [5.41, 5.74) is 1.13. The molecular formula is C17H10BrClN2O4S. The number of esters is 1. The third-order valence-corrected chi connectivity index (χ3v) is 5.37. The first-order valence-electron chi connectivity index (χ1n) is 7.46. The van der Waals surface area contributed by atoms with Crippen LogP contribution in [0.5, 0.6) is 5.75 Å². The summed E-state index contributed by atoms with van der Waals surface area (Å²) < 4.78 is 17.3. The van der Waals surface area contributed by atoms with Gasteiger partial charge in [-0.2, -0.15) is 0 Å². The number of ether oxygens (including phenoxy) is 2. The molecule has 0 unspecified atom stereocenters. The van der Waals surface area contributed by atoms with E-state index in [9.17, 15) is 4.79 Å². The van der Waals surface area contributed by atoms with Crippen molar-refractivity contribution >= 4 is 50.9 Å². The number of fused-ring (bicyclic) bond motifs is 1. The van der Waals surface area contributed by atoms with Crippen molar-refractivity contribution in [2.24, 2.45) is 0 Å². The molecule has 1 aromatic carbocycles. The van der Waals surface area contributed by atoms with Crippen LogP contribution in [0.4, 0.5) is 0 Å². The van der Waals surface area contributed by atoms with Gasteiger partial charge in [0.1, 0.15) is 12.4 Å². The first kappa shape index (κ1) is 17.3. The van der Waals surface area contributed by atoms with E-state index in [1.54, 1.807) is 24.3 Å². The molecule has 0 saturated carbocycles. The van der Waals surface area contributed by atoms with Crippen LogP contribution in [0.3, 0.4) is 0 Å². The van der Waals surface area contributed by atoms with Crippen molar-refractivity contribution in [1.29, 1.82) is 0 Å². The minimum absolute atomic E-state index is 0.113. The van der Waals surface area contributed by atoms with Gasteiger partial charge in [-0.1, -0.05) is 11.6 Å². The zero-order valence-electron chi connectivity index (χ0n) is 13.1. The normalized spacial score (nSPS) is 12.9. The summed E-state index contributed by atoms with van der Waals surface area (Å²) in [6.45, 7) is 0.0178. The summed E-state index contributed by atoms with van der Waals surface area (Å²) in [5, 5.41) is 8.42. The second-order valence-electron chi connectivity index (χ2n) is 5.32. The fourth-order valence-electron chi connectivity index (χ4n) is 2.33. The van der Waals surface area contributed by atoms with Gasteiger partial charge in [0.2, 0.25) is 0 Å². The Kier molecular flexibility index (Phi) is 4.80. The Hall–Kier alpha value is -2.16. The van der Waals surface area contributed by atoms with Crippen molar-refractivity contribution in [3.8, 4) is 16.5 Å². The van der Waals surface area contributed by atoms with E-state index < -0.39 is 5.97 Å². The lowest BCUT2D eigenvalue weighted by atomic mass is 10.1. The Bertz CT molecular complexity index is 1010. The van der Waals surface area contributed by atoms with Gasteiger partial charge in [-0.15, -0.1) is 21.5 Å². The summed E-state index contributed by atoms with van der Waals surface area (Å²) >= 11 is 10.8. The molecule has 2 aromatic heterocycles. The molecular weight excluding hydrogens is 444 g/mol. The molecule has 1 aliphatic heterocycles. The monoisotopic (exact) mass is 452 g/mol. The third-order valence-electron chi connectivity index (χ3n) is 3.52. The van der Waals surface area contributed by atoms with E-state index >= 15 is 0 Å². The van der Waals surface area contributed by atoms with Gasteiger partial charge in [0.05, 0.1) is 14.2 Å². The van der Waals surface area contributed by atoms with Crippen LogP contribution in [0.15, 0.2) is 44.1 Å². The number of carbonyl (C=O) groups is 1. The smallest absolute Gasteiger partial charge is 0.338 e. The zero-order chi connectivity index (χ0) is 18.1. The molecule has 132 valence electrons. The molecule has 3 heterocycles. The lowest BCUT2D eigenvalue weighted by Crippen LogP contribution is -2.17. The maximum Gasteiger partial charge on any atom is 0.338 e. The zero-order valence-corrected chi connectivity index (χ0v) is 16.2. The van der Waals surface area contributed by atoms with Gasteiger partial charge in [0.15, 0.2) is 6.61 Å². The molecule has 0 saturated heterocycles. The number of carbonyl (C=O) groups excluding carboxylic acids is 1. The lowest BCUT2D eigenvalue weighted by Gasteiger charge is -2.17. The number of halogens is 2. The van der Waals surface area contributed by atoms with Crippen LogP contribution in [-0.2, 0) is 16.1 Å². The number of thiophene rings is 1. The number of aromatic nitrogens is 2. The van der Waals surface area contributed by atoms with Crippen LogP contribution in [0, 0.1) is 0 Å². The predicted octanol–water partition coefficient (Wildman–Crippen LogP) is 4.73. The van der Waals surface area contributed by atoms with Crippen molar-refractivity contribution in [3.63, 3.8) is 0 Å². The third kappa shape index (κ3) is 3.67. The average molecular weight is 454 g/mol. The molecule has 26 heavy (non-hydrogen) atoms. The fraction of sp³-hybridized carbons (Fsp3) is 0.118. The molecule has 3 aromatic rings. The Balaban J connectivity index is 1.42. The molecule has 0 amide bonds. The molecule has 0 aliphatic carbocycles. The van der Waals surface area contributed by atoms with Gasteiger partial charge in [0, 0.05) is 10.6 Å². The number of benzene rings is 1. The Morgan fingerprint density at radius 1 is 1.31 bits per heavy atom. The van der Waals surface area contributed by atoms with E-state index in [-0.39, 0.29) is 19.1 Å². The molecule has 0 spiro atoms. The second kappa shape index (κ2) is 7.22. The summed E-state index contributed by atoms with van der Waals surface area (Å²) in [7, 11) is 0. The minimum atomic E-state index is -0.505. The van der Waals surface area contributed by atoms with Crippen LogP contribution in [0.2, 0.25) is 5.02 Å². The number of nitrogens with zero attached hydrogens (tertiary/aromatic N) is 2. The van der Waals surface area contributed by atoms with Crippen LogP contribution in [0.25, 0.3) is 16.8 Å². The van der Waals surface area contributed by atoms with Gasteiger partial charge < -0.3 is 13.9 Å². The summed E-state index contributed by atoms with van der Waals surface area (Å²) in [6.07, 6.45) is 1.70. The highest BCUT2D eigenvalue weighted by Gasteiger charge is 2.20. The topological polar surface area (TPSA) is 74.5 Å². The van der Waals surface area contributed by atoms with E-state index in [0.29, 0.717) is 22.2 Å². The Labute approximate surface area is 165 Å². The minimum Gasteiger partial charge on any atom is -0.488 e. The standard InChI is InChI=1S/C17H10BrClN2O4S/c18-14-4-3-13(26-14)16-21-20-15(25-16)8-24-17(22)10-5-9-6-11(19)1-2-12(9)23-7-10/h1-6H,7-8H2. The first-order chi connectivity index (χ1) is 12.6. The molecule has 0 bridgehead atoms. The van der Waals surface area contributed by atoms with Crippen molar-refractivity contribution in [2.75, 3.05) is 6.61 Å². The summed E-state index contributed by atoms with van der Waals surface area (Å²) in [5.74, 6) is 0.776. The molecule has 1 aliphatic rings. The highest BCUT2D eigenvalue weighted by molar-refractivity contribution is 9.11. The van der Waals surface area contributed by atoms with Crippen LogP contribution in [0.1, 0.15) is 11.5 Å². The molecule has 0 atom stereocenters. The molecule has 6 nitrogen and oxygen atoms in total. The van der Waals surface area contributed by atoms with Gasteiger partial charge in [-0.3, -0.25) is 0 Å². The van der Waals surface area contributed by atoms with Crippen LogP contribution in [-0.4, -0.2) is 22.8 Å². The first-order valence-corrected chi connectivity index (χ1v) is 9.45. The highest BCUT2D eigenvalue weighted by atomic mass is 79.9. The van der Waals surface area contributed by atoms with Gasteiger partial charge in [-0.05, 0) is 52.3 Å². The number of hydrogen-bond donors (Lipinski definition) is 0. The van der Waals surface area contributed by atoms with Crippen molar-refractivity contribution in [3.05, 3.63) is 56.2 Å². The average Bonchev–Trinajstić information content (AvgIpc) is 3.27. The summed E-state index contributed by atoms with van der Waals surface area (Å²) in [4.78, 5) is 13.1. The molecule has 4 rings (SSSR count). The van der Waals surface area contributed by atoms with Crippen LogP contribution < -0.4 is 4.74 Å². The molecule has 0 fully saturated rings. The van der Waals surface area contributed by atoms with E-state index in [4.69, 9.17) is 25.5 Å². The molecule has 0 N–H and O–H groups in total. The molecule has 0 radical (unpaired) electrons. The van der Waals surface area contributed by atoms with Gasteiger partial charge in [0.25, 0.3) is 11.8 Å². The maximum absolute atomic E-state index is 12.2.